The Morgan fingerprint density at radius 3 is 2.74 bits per heavy atom. The van der Waals surface area contributed by atoms with Crippen LogP contribution >= 0.6 is 0 Å². The van der Waals surface area contributed by atoms with E-state index < -0.39 is 0 Å². The molecule has 0 aliphatic heterocycles. The number of aromatic nitrogens is 3. The molecule has 1 aromatic heterocycles. The number of aliphatic hydroxyl groups excluding tert-OH is 1. The summed E-state index contributed by atoms with van der Waals surface area (Å²) < 4.78 is 7.21. The van der Waals surface area contributed by atoms with Crippen LogP contribution in [0.4, 0.5) is 0 Å². The Morgan fingerprint density at radius 2 is 2.05 bits per heavy atom. The summed E-state index contributed by atoms with van der Waals surface area (Å²) in [6.07, 6.45) is 3.41. The standard InChI is InChI=1S/C14H19N3O2/c1-2-19-14-7-5-12(6-8-14)10-17-11-13(15-16-17)4-3-9-18/h5-8,11,18H,2-4,9-10H2,1H3. The number of aryl methyl sites for hydroxylation is 1. The van der Waals surface area contributed by atoms with E-state index in [0.29, 0.717) is 13.2 Å². The lowest BCUT2D eigenvalue weighted by atomic mass is 10.2. The maximum absolute atomic E-state index is 8.77. The summed E-state index contributed by atoms with van der Waals surface area (Å²) in [6.45, 7) is 3.53. The fourth-order valence-electron chi connectivity index (χ4n) is 1.84. The van der Waals surface area contributed by atoms with Gasteiger partial charge in [0.1, 0.15) is 5.75 Å². The smallest absolute Gasteiger partial charge is 0.119 e. The van der Waals surface area contributed by atoms with Crippen molar-refractivity contribution in [2.45, 2.75) is 26.3 Å². The van der Waals surface area contributed by atoms with Gasteiger partial charge in [-0.2, -0.15) is 0 Å². The Labute approximate surface area is 112 Å². The highest BCUT2D eigenvalue weighted by Crippen LogP contribution is 2.13. The van der Waals surface area contributed by atoms with E-state index >= 15 is 0 Å². The molecule has 0 radical (unpaired) electrons. The Bertz CT molecular complexity index is 494. The number of ether oxygens (including phenoxy) is 1. The highest BCUT2D eigenvalue weighted by molar-refractivity contribution is 5.27. The van der Waals surface area contributed by atoms with Crippen molar-refractivity contribution in [3.05, 3.63) is 41.7 Å². The summed E-state index contributed by atoms with van der Waals surface area (Å²) in [5.41, 5.74) is 2.07. The molecule has 5 heteroatoms. The van der Waals surface area contributed by atoms with Crippen molar-refractivity contribution >= 4 is 0 Å². The average Bonchev–Trinajstić information content (AvgIpc) is 2.87. The first kappa shape index (κ1) is 13.5. The normalized spacial score (nSPS) is 10.6. The second-order valence-corrected chi connectivity index (χ2v) is 4.31. The molecule has 0 unspecified atom stereocenters. The van der Waals surface area contributed by atoms with Crippen LogP contribution in [0.15, 0.2) is 30.5 Å². The molecule has 0 amide bonds. The van der Waals surface area contributed by atoms with Gasteiger partial charge in [0.15, 0.2) is 0 Å². The van der Waals surface area contributed by atoms with E-state index in [-0.39, 0.29) is 6.61 Å². The Morgan fingerprint density at radius 1 is 1.26 bits per heavy atom. The minimum absolute atomic E-state index is 0.186. The molecule has 1 N–H and O–H groups in total. The van der Waals surface area contributed by atoms with Gasteiger partial charge in [-0.3, -0.25) is 0 Å². The van der Waals surface area contributed by atoms with E-state index in [1.807, 2.05) is 42.1 Å². The Hall–Kier alpha value is -1.88. The number of hydrogen-bond donors (Lipinski definition) is 1. The van der Waals surface area contributed by atoms with Crippen LogP contribution in [-0.2, 0) is 13.0 Å². The highest BCUT2D eigenvalue weighted by Gasteiger charge is 2.02. The summed E-state index contributed by atoms with van der Waals surface area (Å²) in [5, 5.41) is 16.9. The van der Waals surface area contributed by atoms with Gasteiger partial charge in [0, 0.05) is 12.8 Å². The number of aliphatic hydroxyl groups is 1. The van der Waals surface area contributed by atoms with Crippen molar-refractivity contribution in [3.63, 3.8) is 0 Å². The van der Waals surface area contributed by atoms with Crippen molar-refractivity contribution in [2.24, 2.45) is 0 Å². The van der Waals surface area contributed by atoms with Gasteiger partial charge in [0.25, 0.3) is 0 Å². The molecule has 0 aliphatic rings. The fourth-order valence-corrected chi connectivity index (χ4v) is 1.84. The fraction of sp³-hybridized carbons (Fsp3) is 0.429. The topological polar surface area (TPSA) is 60.2 Å². The lowest BCUT2D eigenvalue weighted by Crippen LogP contribution is -2.00. The molecule has 0 aliphatic carbocycles. The first-order valence-electron chi connectivity index (χ1n) is 6.53. The van der Waals surface area contributed by atoms with Crippen LogP contribution in [0.5, 0.6) is 5.75 Å². The molecule has 0 bridgehead atoms. The minimum Gasteiger partial charge on any atom is -0.494 e. The van der Waals surface area contributed by atoms with Crippen molar-refractivity contribution in [1.82, 2.24) is 15.0 Å². The lowest BCUT2D eigenvalue weighted by Gasteiger charge is -2.04. The summed E-state index contributed by atoms with van der Waals surface area (Å²) in [4.78, 5) is 0. The highest BCUT2D eigenvalue weighted by atomic mass is 16.5. The number of benzene rings is 1. The molecule has 0 fully saturated rings. The molecule has 2 rings (SSSR count). The molecular formula is C14H19N3O2. The zero-order chi connectivity index (χ0) is 13.5. The van der Waals surface area contributed by atoms with Gasteiger partial charge in [-0.1, -0.05) is 17.3 Å². The van der Waals surface area contributed by atoms with Gasteiger partial charge in [-0.15, -0.1) is 5.10 Å². The number of hydrogen-bond acceptors (Lipinski definition) is 4. The Kier molecular flexibility index (Phi) is 4.92. The SMILES string of the molecule is CCOc1ccc(Cn2cc(CCCO)nn2)cc1. The number of rotatable bonds is 7. The molecule has 0 saturated carbocycles. The van der Waals surface area contributed by atoms with E-state index in [4.69, 9.17) is 9.84 Å². The number of nitrogens with zero attached hydrogens (tertiary/aromatic N) is 3. The maximum Gasteiger partial charge on any atom is 0.119 e. The largest absolute Gasteiger partial charge is 0.494 e. The second kappa shape index (κ2) is 6.89. The van der Waals surface area contributed by atoms with Crippen LogP contribution in [0.3, 0.4) is 0 Å². The molecular weight excluding hydrogens is 242 g/mol. The van der Waals surface area contributed by atoms with Gasteiger partial charge in [0.2, 0.25) is 0 Å². The van der Waals surface area contributed by atoms with Gasteiger partial charge >= 0.3 is 0 Å². The van der Waals surface area contributed by atoms with Crippen LogP contribution in [0, 0.1) is 0 Å². The van der Waals surface area contributed by atoms with Crippen LogP contribution in [0.1, 0.15) is 24.6 Å². The summed E-state index contributed by atoms with van der Waals surface area (Å²) in [7, 11) is 0. The van der Waals surface area contributed by atoms with Crippen LogP contribution in [0.2, 0.25) is 0 Å². The minimum atomic E-state index is 0.186. The quantitative estimate of drug-likeness (QED) is 0.823. The van der Waals surface area contributed by atoms with Crippen molar-refractivity contribution in [3.8, 4) is 5.75 Å². The van der Waals surface area contributed by atoms with Gasteiger partial charge in [-0.05, 0) is 37.5 Å². The lowest BCUT2D eigenvalue weighted by molar-refractivity contribution is 0.288. The second-order valence-electron chi connectivity index (χ2n) is 4.31. The summed E-state index contributed by atoms with van der Waals surface area (Å²) in [6, 6.07) is 7.98. The zero-order valence-corrected chi connectivity index (χ0v) is 11.1. The monoisotopic (exact) mass is 261 g/mol. The third-order valence-electron chi connectivity index (χ3n) is 2.76. The molecule has 5 nitrogen and oxygen atoms in total. The summed E-state index contributed by atoms with van der Waals surface area (Å²) in [5.74, 6) is 0.883. The van der Waals surface area contributed by atoms with Crippen LogP contribution < -0.4 is 4.74 Å². The maximum atomic E-state index is 8.77. The molecule has 1 heterocycles. The first-order chi connectivity index (χ1) is 9.31. The molecule has 19 heavy (non-hydrogen) atoms. The molecule has 0 atom stereocenters. The van der Waals surface area contributed by atoms with E-state index in [2.05, 4.69) is 10.3 Å². The molecule has 102 valence electrons. The van der Waals surface area contributed by atoms with Gasteiger partial charge < -0.3 is 9.84 Å². The molecule has 1 aromatic carbocycles. The Balaban J connectivity index is 1.94. The van der Waals surface area contributed by atoms with Crippen molar-refractivity contribution in [2.75, 3.05) is 13.2 Å². The van der Waals surface area contributed by atoms with E-state index in [0.717, 1.165) is 29.8 Å². The van der Waals surface area contributed by atoms with Crippen molar-refractivity contribution < 1.29 is 9.84 Å². The third-order valence-corrected chi connectivity index (χ3v) is 2.76. The summed E-state index contributed by atoms with van der Waals surface area (Å²) >= 11 is 0. The molecule has 2 aromatic rings. The van der Waals surface area contributed by atoms with Gasteiger partial charge in [-0.25, -0.2) is 4.68 Å². The van der Waals surface area contributed by atoms with Gasteiger partial charge in [0.05, 0.1) is 18.8 Å². The molecule has 0 saturated heterocycles. The average molecular weight is 261 g/mol. The van der Waals surface area contributed by atoms with Crippen molar-refractivity contribution in [1.29, 1.82) is 0 Å². The predicted molar refractivity (Wildman–Crippen MR) is 72.1 cm³/mol. The van der Waals surface area contributed by atoms with E-state index in [1.54, 1.807) is 0 Å². The predicted octanol–water partition coefficient (Wildman–Crippen LogP) is 1.65. The van der Waals surface area contributed by atoms with Crippen LogP contribution in [-0.4, -0.2) is 33.3 Å². The zero-order valence-electron chi connectivity index (χ0n) is 11.1. The third kappa shape index (κ3) is 4.06. The van der Waals surface area contributed by atoms with Crippen LogP contribution in [0.25, 0.3) is 0 Å². The van der Waals surface area contributed by atoms with E-state index in [1.165, 1.54) is 0 Å². The molecule has 0 spiro atoms. The van der Waals surface area contributed by atoms with E-state index in [9.17, 15) is 0 Å². The first-order valence-corrected chi connectivity index (χ1v) is 6.53.